The van der Waals surface area contributed by atoms with Gasteiger partial charge < -0.3 is 14.5 Å². The summed E-state index contributed by atoms with van der Waals surface area (Å²) in [5.74, 6) is 0.577. The van der Waals surface area contributed by atoms with Crippen molar-refractivity contribution in [2.24, 2.45) is 0 Å². The Hall–Kier alpha value is -3.08. The molecule has 1 saturated heterocycles. The Balaban J connectivity index is 1.45. The van der Waals surface area contributed by atoms with Crippen LogP contribution in [0.4, 0.5) is 5.69 Å². The Bertz CT molecular complexity index is 910. The Labute approximate surface area is 164 Å². The molecule has 2 aromatic rings. The number of likely N-dealkylation sites (tertiary alicyclic amines) is 1. The molecule has 4 rings (SSSR count). The highest BCUT2D eigenvalue weighted by Gasteiger charge is 2.23. The van der Waals surface area contributed by atoms with E-state index in [1.165, 1.54) is 7.11 Å². The number of ether oxygens (including phenoxy) is 1. The summed E-state index contributed by atoms with van der Waals surface area (Å²) >= 11 is 0. The number of rotatable bonds is 5. The molecule has 1 fully saturated rings. The van der Waals surface area contributed by atoms with Crippen LogP contribution in [-0.4, -0.2) is 52.3 Å². The molecule has 0 radical (unpaired) electrons. The second-order valence-electron chi connectivity index (χ2n) is 7.19. The number of methoxy groups -OCH3 is 1. The first-order valence-corrected chi connectivity index (χ1v) is 9.71. The van der Waals surface area contributed by atoms with E-state index in [2.05, 4.69) is 27.1 Å². The van der Waals surface area contributed by atoms with E-state index in [4.69, 9.17) is 4.74 Å². The molecule has 28 heavy (non-hydrogen) atoms. The second kappa shape index (κ2) is 7.89. The van der Waals surface area contributed by atoms with Gasteiger partial charge >= 0.3 is 0 Å². The predicted molar refractivity (Wildman–Crippen MR) is 103 cm³/mol. The van der Waals surface area contributed by atoms with Crippen LogP contribution in [0.15, 0.2) is 18.3 Å². The van der Waals surface area contributed by atoms with Crippen molar-refractivity contribution in [1.29, 1.82) is 5.26 Å². The van der Waals surface area contributed by atoms with Crippen molar-refractivity contribution in [2.45, 2.75) is 38.8 Å². The van der Waals surface area contributed by atoms with Gasteiger partial charge in [0.05, 0.1) is 37.3 Å². The summed E-state index contributed by atoms with van der Waals surface area (Å²) in [6, 6.07) is 6.13. The van der Waals surface area contributed by atoms with Gasteiger partial charge in [-0.25, -0.2) is 4.98 Å². The van der Waals surface area contributed by atoms with Crippen LogP contribution in [-0.2, 0) is 24.3 Å². The highest BCUT2D eigenvalue weighted by Crippen LogP contribution is 2.29. The Morgan fingerprint density at radius 1 is 1.29 bits per heavy atom. The number of pyridine rings is 1. The fourth-order valence-electron chi connectivity index (χ4n) is 3.97. The molecule has 0 spiro atoms. The van der Waals surface area contributed by atoms with Gasteiger partial charge in [0.25, 0.3) is 0 Å². The van der Waals surface area contributed by atoms with Crippen molar-refractivity contribution in [3.8, 4) is 11.9 Å². The number of nitriles is 1. The van der Waals surface area contributed by atoms with E-state index in [-0.39, 0.29) is 5.91 Å². The molecule has 0 unspecified atom stereocenters. The van der Waals surface area contributed by atoms with Crippen LogP contribution >= 0.6 is 0 Å². The van der Waals surface area contributed by atoms with Crippen molar-refractivity contribution in [1.82, 2.24) is 19.7 Å². The van der Waals surface area contributed by atoms with Gasteiger partial charge in [0.2, 0.25) is 11.8 Å². The number of carbonyl (C=O) groups excluding carboxylic acids is 1. The highest BCUT2D eigenvalue weighted by molar-refractivity contribution is 5.76. The molecule has 0 aliphatic carbocycles. The molecule has 1 amide bonds. The standard InChI is InChI=1S/C20H24N6O2/c1-28-20-17(13-21)18(6-7-22-20)25-10-11-26-16(14-25)12-15(23-26)4-5-19(27)24-8-2-3-9-24/h6-7,12H,2-5,8-11,14H2,1H3. The zero-order valence-electron chi connectivity index (χ0n) is 16.1. The fraction of sp³-hybridized carbons (Fsp3) is 0.500. The lowest BCUT2D eigenvalue weighted by molar-refractivity contribution is -0.130. The third-order valence-corrected chi connectivity index (χ3v) is 5.44. The van der Waals surface area contributed by atoms with E-state index in [1.807, 2.05) is 15.6 Å². The number of nitrogens with zero attached hydrogens (tertiary/aromatic N) is 6. The molecule has 2 aliphatic heterocycles. The van der Waals surface area contributed by atoms with E-state index in [1.54, 1.807) is 6.20 Å². The van der Waals surface area contributed by atoms with Gasteiger partial charge in [-0.1, -0.05) is 0 Å². The summed E-state index contributed by atoms with van der Waals surface area (Å²) in [6.07, 6.45) is 5.08. The SMILES string of the molecule is COc1nccc(N2CCn3nc(CCC(=O)N4CCCC4)cc3C2)c1C#N. The van der Waals surface area contributed by atoms with Gasteiger partial charge in [0, 0.05) is 38.7 Å². The van der Waals surface area contributed by atoms with Crippen LogP contribution in [0.1, 0.15) is 36.2 Å². The van der Waals surface area contributed by atoms with Crippen LogP contribution < -0.4 is 9.64 Å². The van der Waals surface area contributed by atoms with Gasteiger partial charge in [0.15, 0.2) is 0 Å². The van der Waals surface area contributed by atoms with Crippen molar-refractivity contribution in [3.63, 3.8) is 0 Å². The number of aryl methyl sites for hydroxylation is 1. The molecule has 8 heteroatoms. The van der Waals surface area contributed by atoms with Crippen LogP contribution in [0.2, 0.25) is 0 Å². The zero-order chi connectivity index (χ0) is 19.5. The summed E-state index contributed by atoms with van der Waals surface area (Å²) in [4.78, 5) is 20.5. The van der Waals surface area contributed by atoms with Crippen molar-refractivity contribution in [3.05, 3.63) is 35.3 Å². The molecule has 2 aromatic heterocycles. The number of fused-ring (bicyclic) bond motifs is 1. The minimum atomic E-state index is 0.229. The number of hydrogen-bond donors (Lipinski definition) is 0. The molecular formula is C20H24N6O2. The lowest BCUT2D eigenvalue weighted by Gasteiger charge is -2.30. The van der Waals surface area contributed by atoms with Gasteiger partial charge in [-0.3, -0.25) is 9.48 Å². The van der Waals surface area contributed by atoms with E-state index in [0.717, 1.165) is 56.1 Å². The van der Waals surface area contributed by atoms with Gasteiger partial charge in [-0.05, 0) is 25.0 Å². The fourth-order valence-corrected chi connectivity index (χ4v) is 3.97. The summed E-state index contributed by atoms with van der Waals surface area (Å²) in [6.45, 7) is 3.94. The summed E-state index contributed by atoms with van der Waals surface area (Å²) in [5.41, 5.74) is 3.33. The smallest absolute Gasteiger partial charge is 0.233 e. The first-order chi connectivity index (χ1) is 13.7. The minimum absolute atomic E-state index is 0.229. The zero-order valence-corrected chi connectivity index (χ0v) is 16.1. The van der Waals surface area contributed by atoms with E-state index in [9.17, 15) is 10.1 Å². The van der Waals surface area contributed by atoms with Gasteiger partial charge in [-0.15, -0.1) is 0 Å². The van der Waals surface area contributed by atoms with Crippen LogP contribution in [0.25, 0.3) is 0 Å². The van der Waals surface area contributed by atoms with Crippen molar-refractivity contribution in [2.75, 3.05) is 31.6 Å². The molecule has 0 atom stereocenters. The van der Waals surface area contributed by atoms with Gasteiger partial charge in [-0.2, -0.15) is 10.4 Å². The second-order valence-corrected chi connectivity index (χ2v) is 7.19. The van der Waals surface area contributed by atoms with Crippen LogP contribution in [0.5, 0.6) is 5.88 Å². The molecule has 0 aromatic carbocycles. The minimum Gasteiger partial charge on any atom is -0.480 e. The maximum Gasteiger partial charge on any atom is 0.233 e. The summed E-state index contributed by atoms with van der Waals surface area (Å²) in [7, 11) is 1.52. The monoisotopic (exact) mass is 380 g/mol. The molecule has 0 bridgehead atoms. The van der Waals surface area contributed by atoms with Crippen molar-refractivity contribution < 1.29 is 9.53 Å². The quantitative estimate of drug-likeness (QED) is 0.785. The molecule has 8 nitrogen and oxygen atoms in total. The number of aromatic nitrogens is 3. The van der Waals surface area contributed by atoms with E-state index in [0.29, 0.717) is 30.8 Å². The topological polar surface area (TPSA) is 87.3 Å². The Morgan fingerprint density at radius 2 is 2.11 bits per heavy atom. The van der Waals surface area contributed by atoms with E-state index >= 15 is 0 Å². The number of amides is 1. The largest absolute Gasteiger partial charge is 0.480 e. The predicted octanol–water partition coefficient (Wildman–Crippen LogP) is 1.73. The third kappa shape index (κ3) is 3.52. The normalized spacial score (nSPS) is 16.0. The average Bonchev–Trinajstić information content (AvgIpc) is 3.40. The Kier molecular flexibility index (Phi) is 5.15. The Morgan fingerprint density at radius 3 is 2.86 bits per heavy atom. The third-order valence-electron chi connectivity index (χ3n) is 5.44. The summed E-state index contributed by atoms with van der Waals surface area (Å²) in [5, 5.41) is 14.2. The maximum absolute atomic E-state index is 12.3. The number of anilines is 1. The van der Waals surface area contributed by atoms with E-state index < -0.39 is 0 Å². The molecule has 146 valence electrons. The van der Waals surface area contributed by atoms with Crippen molar-refractivity contribution >= 4 is 11.6 Å². The lowest BCUT2D eigenvalue weighted by Crippen LogP contribution is -2.34. The molecule has 0 saturated carbocycles. The first-order valence-electron chi connectivity index (χ1n) is 9.71. The first kappa shape index (κ1) is 18.3. The number of carbonyl (C=O) groups is 1. The van der Waals surface area contributed by atoms with Crippen LogP contribution in [0.3, 0.4) is 0 Å². The maximum atomic E-state index is 12.3. The molecule has 2 aliphatic rings. The number of hydrogen-bond acceptors (Lipinski definition) is 6. The molecule has 4 heterocycles. The molecular weight excluding hydrogens is 356 g/mol. The summed E-state index contributed by atoms with van der Waals surface area (Å²) < 4.78 is 7.23. The van der Waals surface area contributed by atoms with Crippen LogP contribution in [0, 0.1) is 11.3 Å². The average molecular weight is 380 g/mol. The molecule has 0 N–H and O–H groups in total. The lowest BCUT2D eigenvalue weighted by atomic mass is 10.1. The van der Waals surface area contributed by atoms with Gasteiger partial charge in [0.1, 0.15) is 11.6 Å². The highest BCUT2D eigenvalue weighted by atomic mass is 16.5.